The first-order valence-electron chi connectivity index (χ1n) is 10.3. The van der Waals surface area contributed by atoms with Crippen molar-refractivity contribution in [2.24, 2.45) is 5.92 Å². The van der Waals surface area contributed by atoms with Gasteiger partial charge in [-0.05, 0) is 49.2 Å². The van der Waals surface area contributed by atoms with Gasteiger partial charge >= 0.3 is 6.03 Å². The van der Waals surface area contributed by atoms with Crippen molar-refractivity contribution < 1.29 is 9.59 Å². The molecule has 10 heteroatoms. The van der Waals surface area contributed by atoms with Crippen molar-refractivity contribution in [1.29, 1.82) is 0 Å². The fourth-order valence-corrected chi connectivity index (χ4v) is 3.74. The average Bonchev–Trinajstić information content (AvgIpc) is 3.55. The number of piperazine rings is 1. The van der Waals surface area contributed by atoms with Gasteiger partial charge in [-0.1, -0.05) is 17.7 Å². The van der Waals surface area contributed by atoms with Crippen molar-refractivity contribution in [1.82, 2.24) is 19.5 Å². The first kappa shape index (κ1) is 19.6. The lowest BCUT2D eigenvalue weighted by atomic mass is 10.3. The van der Waals surface area contributed by atoms with Crippen LogP contribution in [0.25, 0.3) is 5.65 Å². The molecular weight excluding hydrogens is 418 g/mol. The van der Waals surface area contributed by atoms with E-state index in [1.54, 1.807) is 33.7 Å². The number of anilines is 3. The van der Waals surface area contributed by atoms with Crippen molar-refractivity contribution in [3.8, 4) is 0 Å². The predicted octanol–water partition coefficient (Wildman–Crippen LogP) is 3.09. The van der Waals surface area contributed by atoms with E-state index in [1.807, 2.05) is 18.2 Å². The molecule has 2 fully saturated rings. The molecule has 2 N–H and O–H groups in total. The maximum Gasteiger partial charge on any atom is 0.321 e. The smallest absolute Gasteiger partial charge is 0.321 e. The minimum Gasteiger partial charge on any atom is -0.353 e. The topological polar surface area (TPSA) is 94.9 Å². The van der Waals surface area contributed by atoms with Crippen LogP contribution in [0.4, 0.5) is 22.2 Å². The molecule has 5 rings (SSSR count). The molecule has 1 aliphatic heterocycles. The molecule has 9 nitrogen and oxygen atoms in total. The molecule has 31 heavy (non-hydrogen) atoms. The number of benzene rings is 1. The van der Waals surface area contributed by atoms with E-state index in [4.69, 9.17) is 11.6 Å². The molecule has 3 heterocycles. The Hall–Kier alpha value is -3.33. The zero-order chi connectivity index (χ0) is 21.4. The number of hydrogen-bond acceptors (Lipinski definition) is 5. The monoisotopic (exact) mass is 439 g/mol. The largest absolute Gasteiger partial charge is 0.353 e. The zero-order valence-electron chi connectivity index (χ0n) is 16.8. The number of fused-ring (bicyclic) bond motifs is 1. The summed E-state index contributed by atoms with van der Waals surface area (Å²) in [5.41, 5.74) is 1.39. The third kappa shape index (κ3) is 4.27. The van der Waals surface area contributed by atoms with Crippen molar-refractivity contribution >= 4 is 46.6 Å². The van der Waals surface area contributed by atoms with Gasteiger partial charge in [0.05, 0.1) is 0 Å². The lowest BCUT2D eigenvalue weighted by molar-refractivity contribution is -0.117. The van der Waals surface area contributed by atoms with E-state index in [0.29, 0.717) is 48.5 Å². The lowest BCUT2D eigenvalue weighted by Crippen LogP contribution is -2.50. The van der Waals surface area contributed by atoms with E-state index >= 15 is 0 Å². The average molecular weight is 440 g/mol. The number of nitrogens with one attached hydrogen (secondary N) is 2. The summed E-state index contributed by atoms with van der Waals surface area (Å²) in [6.45, 7) is 2.49. The van der Waals surface area contributed by atoms with E-state index in [0.717, 1.165) is 18.7 Å². The fraction of sp³-hybridized carbons (Fsp3) is 0.333. The molecular formula is C21H22ClN7O2. The minimum absolute atomic E-state index is 0.0160. The maximum atomic E-state index is 12.6. The second-order valence-corrected chi connectivity index (χ2v) is 8.20. The van der Waals surface area contributed by atoms with Gasteiger partial charge in [-0.15, -0.1) is 5.10 Å². The molecule has 0 bridgehead atoms. The number of carbonyl (C=O) groups is 2. The molecule has 1 saturated heterocycles. The van der Waals surface area contributed by atoms with E-state index in [1.165, 1.54) is 0 Å². The van der Waals surface area contributed by atoms with Crippen molar-refractivity contribution in [2.75, 3.05) is 41.7 Å². The fourth-order valence-electron chi connectivity index (χ4n) is 3.62. The maximum absolute atomic E-state index is 12.6. The number of carbonyl (C=O) groups excluding carboxylic acids is 2. The number of pyridine rings is 1. The third-order valence-electron chi connectivity index (χ3n) is 5.51. The highest BCUT2D eigenvalue weighted by atomic mass is 35.5. The Morgan fingerprint density at radius 3 is 2.42 bits per heavy atom. The second kappa shape index (κ2) is 8.07. The Morgan fingerprint density at radius 2 is 1.71 bits per heavy atom. The van der Waals surface area contributed by atoms with Crippen LogP contribution in [0.1, 0.15) is 12.8 Å². The summed E-state index contributed by atoms with van der Waals surface area (Å²) in [5, 5.41) is 10.8. The summed E-state index contributed by atoms with van der Waals surface area (Å²) >= 11 is 5.89. The van der Waals surface area contributed by atoms with E-state index < -0.39 is 0 Å². The van der Waals surface area contributed by atoms with Gasteiger partial charge in [0.1, 0.15) is 5.82 Å². The van der Waals surface area contributed by atoms with Crippen LogP contribution in [0, 0.1) is 5.92 Å². The van der Waals surface area contributed by atoms with Crippen LogP contribution >= 0.6 is 11.6 Å². The van der Waals surface area contributed by atoms with Crippen molar-refractivity contribution in [2.45, 2.75) is 12.8 Å². The number of aromatic nitrogens is 3. The standard InChI is InChI=1S/C21H22ClN7O2/c22-15-6-8-16(9-7-15)23-21(31)28-12-10-27(11-13-28)18-3-1-2-17-24-20(26-29(17)18)25-19(30)14-4-5-14/h1-3,6-9,14H,4-5,10-13H2,(H,23,31)(H,25,26,30). The highest BCUT2D eigenvalue weighted by Crippen LogP contribution is 2.30. The normalized spacial score (nSPS) is 16.4. The van der Waals surface area contributed by atoms with Crippen LogP contribution in [0.2, 0.25) is 5.02 Å². The summed E-state index contributed by atoms with van der Waals surface area (Å²) < 4.78 is 1.74. The highest BCUT2D eigenvalue weighted by molar-refractivity contribution is 6.30. The molecule has 160 valence electrons. The van der Waals surface area contributed by atoms with Crippen LogP contribution in [0.15, 0.2) is 42.5 Å². The van der Waals surface area contributed by atoms with Gasteiger partial charge in [0.2, 0.25) is 11.9 Å². The molecule has 0 spiro atoms. The second-order valence-electron chi connectivity index (χ2n) is 7.76. The molecule has 1 aromatic carbocycles. The van der Waals surface area contributed by atoms with E-state index in [9.17, 15) is 9.59 Å². The van der Waals surface area contributed by atoms with E-state index in [-0.39, 0.29) is 17.9 Å². The van der Waals surface area contributed by atoms with Gasteiger partial charge in [0, 0.05) is 42.8 Å². The van der Waals surface area contributed by atoms with Crippen LogP contribution in [-0.4, -0.2) is 57.6 Å². The number of halogens is 1. The number of nitrogens with zero attached hydrogens (tertiary/aromatic N) is 5. The molecule has 0 atom stereocenters. The number of rotatable bonds is 4. The quantitative estimate of drug-likeness (QED) is 0.651. The zero-order valence-corrected chi connectivity index (χ0v) is 17.5. The molecule has 3 amide bonds. The van der Waals surface area contributed by atoms with Crippen LogP contribution < -0.4 is 15.5 Å². The van der Waals surface area contributed by atoms with Gasteiger partial charge in [0.15, 0.2) is 5.65 Å². The summed E-state index contributed by atoms with van der Waals surface area (Å²) in [6.07, 6.45) is 1.86. The van der Waals surface area contributed by atoms with Crippen LogP contribution in [-0.2, 0) is 4.79 Å². The SMILES string of the molecule is O=C(Nc1nc2cccc(N3CCN(C(=O)Nc4ccc(Cl)cc4)CC3)n2n1)C1CC1. The lowest BCUT2D eigenvalue weighted by Gasteiger charge is -2.35. The molecule has 3 aromatic rings. The van der Waals surface area contributed by atoms with Gasteiger partial charge in [0.25, 0.3) is 0 Å². The third-order valence-corrected chi connectivity index (χ3v) is 5.76. The first-order valence-corrected chi connectivity index (χ1v) is 10.7. The summed E-state index contributed by atoms with van der Waals surface area (Å²) in [7, 11) is 0. The van der Waals surface area contributed by atoms with Crippen molar-refractivity contribution in [3.63, 3.8) is 0 Å². The van der Waals surface area contributed by atoms with Gasteiger partial charge in [-0.3, -0.25) is 10.1 Å². The molecule has 1 saturated carbocycles. The molecule has 1 aliphatic carbocycles. The van der Waals surface area contributed by atoms with Gasteiger partial charge < -0.3 is 15.1 Å². The number of urea groups is 1. The Balaban J connectivity index is 1.24. The van der Waals surface area contributed by atoms with Crippen LogP contribution in [0.3, 0.4) is 0 Å². The van der Waals surface area contributed by atoms with Gasteiger partial charge in [-0.2, -0.15) is 9.50 Å². The number of amides is 3. The molecule has 2 aliphatic rings. The summed E-state index contributed by atoms with van der Waals surface area (Å²) in [4.78, 5) is 33.0. The Morgan fingerprint density at radius 1 is 0.968 bits per heavy atom. The Bertz CT molecular complexity index is 1120. The molecule has 0 unspecified atom stereocenters. The first-order chi connectivity index (χ1) is 15.1. The van der Waals surface area contributed by atoms with E-state index in [2.05, 4.69) is 25.6 Å². The molecule has 2 aromatic heterocycles. The van der Waals surface area contributed by atoms with Crippen molar-refractivity contribution in [3.05, 3.63) is 47.5 Å². The van der Waals surface area contributed by atoms with Crippen LogP contribution in [0.5, 0.6) is 0 Å². The summed E-state index contributed by atoms with van der Waals surface area (Å²) in [6, 6.07) is 12.7. The minimum atomic E-state index is -0.133. The molecule has 0 radical (unpaired) electrons. The summed E-state index contributed by atoms with van der Waals surface area (Å²) in [5.74, 6) is 1.29. The highest BCUT2D eigenvalue weighted by Gasteiger charge is 2.30. The predicted molar refractivity (Wildman–Crippen MR) is 119 cm³/mol. The number of hydrogen-bond donors (Lipinski definition) is 2. The Kier molecular flexibility index (Phi) is 5.11. The Labute approximate surface area is 184 Å². The van der Waals surface area contributed by atoms with Gasteiger partial charge in [-0.25, -0.2) is 4.79 Å².